The summed E-state index contributed by atoms with van der Waals surface area (Å²) in [5.41, 5.74) is 0. The molecule has 0 bridgehead atoms. The molecule has 2 atom stereocenters. The third-order valence-corrected chi connectivity index (χ3v) is 3.99. The normalized spacial score (nSPS) is 23.4. The van der Waals surface area contributed by atoms with E-state index in [0.29, 0.717) is 5.92 Å². The van der Waals surface area contributed by atoms with Crippen molar-refractivity contribution in [3.8, 4) is 0 Å². The lowest BCUT2D eigenvalue weighted by Gasteiger charge is -2.26. The molecule has 3 nitrogen and oxygen atoms in total. The molecular formula is C16H20N2O. The van der Waals surface area contributed by atoms with Gasteiger partial charge in [0.05, 0.1) is 6.10 Å². The number of nitrogens with zero attached hydrogens (tertiary/aromatic N) is 1. The zero-order valence-electron chi connectivity index (χ0n) is 11.0. The maximum atomic E-state index is 9.71. The largest absolute Gasteiger partial charge is 0.393 e. The molecule has 0 radical (unpaired) electrons. The number of fused-ring (bicyclic) bond motifs is 1. The fraction of sp³-hybridized carbons (Fsp3) is 0.438. The second-order valence-electron chi connectivity index (χ2n) is 5.45. The van der Waals surface area contributed by atoms with Crippen LogP contribution in [-0.2, 0) is 0 Å². The number of hydrogen-bond acceptors (Lipinski definition) is 3. The number of nitrogens with one attached hydrogen (secondary N) is 1. The summed E-state index contributed by atoms with van der Waals surface area (Å²) in [7, 11) is 0. The Morgan fingerprint density at radius 2 is 2.11 bits per heavy atom. The molecule has 1 saturated carbocycles. The van der Waals surface area contributed by atoms with E-state index >= 15 is 0 Å². The standard InChI is InChI=1S/C16H20N2O/c19-14-6-3-4-12(10-14)11-18-16-15-7-2-1-5-13(15)8-9-17-16/h1-2,5,7-9,12,14,19H,3-4,6,10-11H2,(H,17,18). The third-order valence-electron chi connectivity index (χ3n) is 3.99. The van der Waals surface area contributed by atoms with E-state index in [1.54, 1.807) is 0 Å². The molecule has 100 valence electrons. The van der Waals surface area contributed by atoms with E-state index in [4.69, 9.17) is 0 Å². The SMILES string of the molecule is OC1CCCC(CNc2nccc3ccccc23)C1. The first-order valence-corrected chi connectivity index (χ1v) is 7.08. The van der Waals surface area contributed by atoms with E-state index in [9.17, 15) is 5.11 Å². The number of hydrogen-bond donors (Lipinski definition) is 2. The topological polar surface area (TPSA) is 45.1 Å². The van der Waals surface area contributed by atoms with Gasteiger partial charge < -0.3 is 10.4 Å². The van der Waals surface area contributed by atoms with Crippen molar-refractivity contribution in [3.63, 3.8) is 0 Å². The van der Waals surface area contributed by atoms with Crippen LogP contribution in [0.3, 0.4) is 0 Å². The van der Waals surface area contributed by atoms with Crippen LogP contribution in [0.5, 0.6) is 0 Å². The molecule has 0 spiro atoms. The summed E-state index contributed by atoms with van der Waals surface area (Å²) in [6, 6.07) is 10.3. The molecule has 3 heteroatoms. The van der Waals surface area contributed by atoms with Crippen LogP contribution in [0.4, 0.5) is 5.82 Å². The Balaban J connectivity index is 1.71. The van der Waals surface area contributed by atoms with Crippen molar-refractivity contribution >= 4 is 16.6 Å². The number of benzene rings is 1. The number of aromatic nitrogens is 1. The van der Waals surface area contributed by atoms with Gasteiger partial charge in [-0.3, -0.25) is 0 Å². The molecule has 1 heterocycles. The highest BCUT2D eigenvalue weighted by atomic mass is 16.3. The van der Waals surface area contributed by atoms with Crippen molar-refractivity contribution in [3.05, 3.63) is 36.5 Å². The number of aliphatic hydroxyl groups excluding tert-OH is 1. The second-order valence-corrected chi connectivity index (χ2v) is 5.45. The molecule has 1 aliphatic carbocycles. The van der Waals surface area contributed by atoms with Gasteiger partial charge in [-0.25, -0.2) is 4.98 Å². The van der Waals surface area contributed by atoms with E-state index in [0.717, 1.165) is 31.6 Å². The van der Waals surface area contributed by atoms with Gasteiger partial charge in [0, 0.05) is 18.1 Å². The average Bonchev–Trinajstić information content (AvgIpc) is 2.45. The summed E-state index contributed by atoms with van der Waals surface area (Å²) in [4.78, 5) is 4.44. The molecule has 2 N–H and O–H groups in total. The van der Waals surface area contributed by atoms with Crippen LogP contribution in [-0.4, -0.2) is 22.7 Å². The summed E-state index contributed by atoms with van der Waals surface area (Å²) in [5.74, 6) is 1.52. The molecule has 0 amide bonds. The van der Waals surface area contributed by atoms with Gasteiger partial charge in [-0.1, -0.05) is 30.7 Å². The molecule has 1 aromatic heterocycles. The smallest absolute Gasteiger partial charge is 0.133 e. The van der Waals surface area contributed by atoms with E-state index in [-0.39, 0.29) is 6.10 Å². The molecule has 2 aromatic rings. The molecule has 0 saturated heterocycles. The summed E-state index contributed by atoms with van der Waals surface area (Å²) >= 11 is 0. The molecule has 0 aliphatic heterocycles. The monoisotopic (exact) mass is 256 g/mol. The predicted molar refractivity (Wildman–Crippen MR) is 78.2 cm³/mol. The van der Waals surface area contributed by atoms with Crippen molar-refractivity contribution in [2.24, 2.45) is 5.92 Å². The maximum Gasteiger partial charge on any atom is 0.133 e. The highest BCUT2D eigenvalue weighted by molar-refractivity contribution is 5.91. The van der Waals surface area contributed by atoms with Gasteiger partial charge in [0.1, 0.15) is 5.82 Å². The van der Waals surface area contributed by atoms with Crippen molar-refractivity contribution in [1.29, 1.82) is 0 Å². The van der Waals surface area contributed by atoms with Gasteiger partial charge in [-0.15, -0.1) is 0 Å². The quantitative estimate of drug-likeness (QED) is 0.886. The third kappa shape index (κ3) is 2.87. The lowest BCUT2D eigenvalue weighted by Crippen LogP contribution is -2.25. The number of aliphatic hydroxyl groups is 1. The van der Waals surface area contributed by atoms with Gasteiger partial charge in [0.15, 0.2) is 0 Å². The summed E-state index contributed by atoms with van der Waals surface area (Å²) in [5, 5.41) is 15.5. The fourth-order valence-corrected chi connectivity index (χ4v) is 2.95. The van der Waals surface area contributed by atoms with Gasteiger partial charge in [0.2, 0.25) is 0 Å². The van der Waals surface area contributed by atoms with Crippen LogP contribution in [0, 0.1) is 5.92 Å². The van der Waals surface area contributed by atoms with Crippen LogP contribution < -0.4 is 5.32 Å². The number of anilines is 1. The first-order chi connectivity index (χ1) is 9.33. The Kier molecular flexibility index (Phi) is 3.65. The molecular weight excluding hydrogens is 236 g/mol. The fourth-order valence-electron chi connectivity index (χ4n) is 2.95. The Morgan fingerprint density at radius 1 is 1.21 bits per heavy atom. The lowest BCUT2D eigenvalue weighted by atomic mass is 9.87. The van der Waals surface area contributed by atoms with Gasteiger partial charge >= 0.3 is 0 Å². The Labute approximate surface area is 113 Å². The zero-order valence-corrected chi connectivity index (χ0v) is 11.0. The minimum absolute atomic E-state index is 0.110. The van der Waals surface area contributed by atoms with Gasteiger partial charge in [-0.2, -0.15) is 0 Å². The average molecular weight is 256 g/mol. The molecule has 1 aromatic carbocycles. The summed E-state index contributed by atoms with van der Waals surface area (Å²) in [6.45, 7) is 0.901. The van der Waals surface area contributed by atoms with Crippen molar-refractivity contribution in [1.82, 2.24) is 4.98 Å². The molecule has 1 aliphatic rings. The summed E-state index contributed by atoms with van der Waals surface area (Å²) < 4.78 is 0. The van der Waals surface area contributed by atoms with E-state index in [1.807, 2.05) is 24.4 Å². The molecule has 2 unspecified atom stereocenters. The first kappa shape index (κ1) is 12.4. The van der Waals surface area contributed by atoms with E-state index in [2.05, 4.69) is 22.4 Å². The van der Waals surface area contributed by atoms with Gasteiger partial charge in [-0.05, 0) is 36.6 Å². The second kappa shape index (κ2) is 5.57. The van der Waals surface area contributed by atoms with Crippen LogP contribution >= 0.6 is 0 Å². The molecule has 1 fully saturated rings. The van der Waals surface area contributed by atoms with Crippen LogP contribution in [0.2, 0.25) is 0 Å². The van der Waals surface area contributed by atoms with Crippen LogP contribution in [0.25, 0.3) is 10.8 Å². The lowest BCUT2D eigenvalue weighted by molar-refractivity contribution is 0.104. The zero-order chi connectivity index (χ0) is 13.1. The van der Waals surface area contributed by atoms with Crippen molar-refractivity contribution in [2.75, 3.05) is 11.9 Å². The van der Waals surface area contributed by atoms with Gasteiger partial charge in [0.25, 0.3) is 0 Å². The minimum atomic E-state index is -0.110. The first-order valence-electron chi connectivity index (χ1n) is 7.08. The molecule has 19 heavy (non-hydrogen) atoms. The Bertz CT molecular complexity index is 550. The van der Waals surface area contributed by atoms with E-state index < -0.39 is 0 Å². The van der Waals surface area contributed by atoms with E-state index in [1.165, 1.54) is 17.2 Å². The Morgan fingerprint density at radius 3 is 3.00 bits per heavy atom. The summed E-state index contributed by atoms with van der Waals surface area (Å²) in [6.07, 6.45) is 5.95. The highest BCUT2D eigenvalue weighted by Crippen LogP contribution is 2.26. The predicted octanol–water partition coefficient (Wildman–Crippen LogP) is 3.20. The maximum absolute atomic E-state index is 9.71. The van der Waals surface area contributed by atoms with Crippen molar-refractivity contribution < 1.29 is 5.11 Å². The number of pyridine rings is 1. The van der Waals surface area contributed by atoms with Crippen LogP contribution in [0.1, 0.15) is 25.7 Å². The number of rotatable bonds is 3. The van der Waals surface area contributed by atoms with Crippen LogP contribution in [0.15, 0.2) is 36.5 Å². The molecule has 3 rings (SSSR count). The Hall–Kier alpha value is -1.61. The van der Waals surface area contributed by atoms with Crippen molar-refractivity contribution in [2.45, 2.75) is 31.8 Å². The minimum Gasteiger partial charge on any atom is -0.393 e. The highest BCUT2D eigenvalue weighted by Gasteiger charge is 2.20.